The molecular formula is C12H16N2O. The molecule has 1 fully saturated rings. The minimum absolute atomic E-state index is 0.255. The Labute approximate surface area is 89.9 Å². The van der Waals surface area contributed by atoms with Gasteiger partial charge in [0.25, 0.3) is 0 Å². The van der Waals surface area contributed by atoms with Gasteiger partial charge >= 0.3 is 0 Å². The van der Waals surface area contributed by atoms with Gasteiger partial charge in [0, 0.05) is 25.2 Å². The molecule has 0 saturated carbocycles. The number of carbonyl (C=O) groups excluding carboxylic acids is 1. The van der Waals surface area contributed by atoms with Gasteiger partial charge in [0.2, 0.25) is 5.91 Å². The van der Waals surface area contributed by atoms with Crippen molar-refractivity contribution in [3.63, 3.8) is 0 Å². The van der Waals surface area contributed by atoms with Crippen LogP contribution in [0.3, 0.4) is 0 Å². The first-order chi connectivity index (χ1) is 7.15. The number of rotatable bonds is 2. The molecular weight excluding hydrogens is 188 g/mol. The molecule has 0 radical (unpaired) electrons. The number of carbonyl (C=O) groups is 1. The molecule has 1 aliphatic rings. The van der Waals surface area contributed by atoms with Gasteiger partial charge in [-0.25, -0.2) is 0 Å². The van der Waals surface area contributed by atoms with Gasteiger partial charge in [-0.15, -0.1) is 0 Å². The molecule has 1 saturated heterocycles. The van der Waals surface area contributed by atoms with E-state index in [1.165, 1.54) is 0 Å². The lowest BCUT2D eigenvalue weighted by Crippen LogP contribution is -2.24. The van der Waals surface area contributed by atoms with Crippen LogP contribution < -0.4 is 5.73 Å². The molecule has 2 N–H and O–H groups in total. The molecule has 1 aromatic rings. The maximum absolute atomic E-state index is 11.6. The lowest BCUT2D eigenvalue weighted by Gasteiger charge is -2.16. The lowest BCUT2D eigenvalue weighted by molar-refractivity contribution is -0.128. The Balaban J connectivity index is 2.06. The number of likely N-dealkylation sites (tertiary alicyclic amines) is 1. The van der Waals surface area contributed by atoms with Gasteiger partial charge < -0.3 is 10.6 Å². The number of anilines is 1. The molecule has 1 amide bonds. The third kappa shape index (κ3) is 2.29. The maximum atomic E-state index is 11.6. The van der Waals surface area contributed by atoms with Crippen LogP contribution in [0.4, 0.5) is 5.69 Å². The van der Waals surface area contributed by atoms with Crippen LogP contribution in [-0.4, -0.2) is 17.4 Å². The smallest absolute Gasteiger partial charge is 0.223 e. The van der Waals surface area contributed by atoms with E-state index in [0.717, 1.165) is 17.8 Å². The molecule has 15 heavy (non-hydrogen) atoms. The lowest BCUT2D eigenvalue weighted by atomic mass is 10.2. The van der Waals surface area contributed by atoms with E-state index < -0.39 is 0 Å². The molecule has 1 atom stereocenters. The van der Waals surface area contributed by atoms with Crippen LogP contribution in [0.15, 0.2) is 24.3 Å². The van der Waals surface area contributed by atoms with Crippen molar-refractivity contribution in [1.29, 1.82) is 0 Å². The van der Waals surface area contributed by atoms with Crippen molar-refractivity contribution >= 4 is 11.6 Å². The molecule has 1 unspecified atom stereocenters. The second-order valence-electron chi connectivity index (χ2n) is 4.33. The Hall–Kier alpha value is -1.51. The average Bonchev–Trinajstić information content (AvgIpc) is 2.45. The third-order valence-corrected chi connectivity index (χ3v) is 2.73. The Morgan fingerprint density at radius 3 is 2.93 bits per heavy atom. The van der Waals surface area contributed by atoms with Crippen molar-refractivity contribution in [2.24, 2.45) is 5.92 Å². The van der Waals surface area contributed by atoms with Crippen LogP contribution in [0, 0.1) is 5.92 Å². The first-order valence-corrected chi connectivity index (χ1v) is 5.27. The monoisotopic (exact) mass is 204 g/mol. The van der Waals surface area contributed by atoms with Gasteiger partial charge in [0.05, 0.1) is 0 Å². The summed E-state index contributed by atoms with van der Waals surface area (Å²) in [5.74, 6) is 0.739. The summed E-state index contributed by atoms with van der Waals surface area (Å²) in [6.45, 7) is 3.67. The number of nitrogen functional groups attached to an aromatic ring is 1. The van der Waals surface area contributed by atoms with Crippen molar-refractivity contribution in [2.75, 3.05) is 12.3 Å². The molecule has 0 bridgehead atoms. The first kappa shape index (κ1) is 10.0. The molecule has 3 heteroatoms. The summed E-state index contributed by atoms with van der Waals surface area (Å²) in [5.41, 5.74) is 7.56. The number of benzene rings is 1. The van der Waals surface area contributed by atoms with E-state index in [2.05, 4.69) is 6.92 Å². The van der Waals surface area contributed by atoms with E-state index in [-0.39, 0.29) is 5.91 Å². The topological polar surface area (TPSA) is 46.3 Å². The highest BCUT2D eigenvalue weighted by atomic mass is 16.2. The summed E-state index contributed by atoms with van der Waals surface area (Å²) in [5, 5.41) is 0. The van der Waals surface area contributed by atoms with E-state index >= 15 is 0 Å². The predicted octanol–water partition coefficient (Wildman–Crippen LogP) is 1.64. The molecule has 1 aliphatic heterocycles. The average molecular weight is 204 g/mol. The molecule has 0 aliphatic carbocycles. The van der Waals surface area contributed by atoms with E-state index in [1.807, 2.05) is 29.2 Å². The quantitative estimate of drug-likeness (QED) is 0.744. The van der Waals surface area contributed by atoms with E-state index in [1.54, 1.807) is 0 Å². The Morgan fingerprint density at radius 2 is 2.33 bits per heavy atom. The Morgan fingerprint density at radius 1 is 1.53 bits per heavy atom. The first-order valence-electron chi connectivity index (χ1n) is 5.27. The third-order valence-electron chi connectivity index (χ3n) is 2.73. The summed E-state index contributed by atoms with van der Waals surface area (Å²) in [6.07, 6.45) is 0.683. The standard InChI is InChI=1S/C12H16N2O/c1-9-5-12(15)14(7-9)8-10-3-2-4-11(13)6-10/h2-4,6,9H,5,7-8,13H2,1H3. The normalized spacial score (nSPS) is 21.0. The molecule has 1 heterocycles. The highest BCUT2D eigenvalue weighted by Crippen LogP contribution is 2.19. The van der Waals surface area contributed by atoms with Crippen molar-refractivity contribution < 1.29 is 4.79 Å². The highest BCUT2D eigenvalue weighted by Gasteiger charge is 2.25. The zero-order chi connectivity index (χ0) is 10.8. The molecule has 1 aromatic carbocycles. The fourth-order valence-corrected chi connectivity index (χ4v) is 2.03. The van der Waals surface area contributed by atoms with E-state index in [0.29, 0.717) is 18.9 Å². The molecule has 3 nitrogen and oxygen atoms in total. The van der Waals surface area contributed by atoms with Crippen LogP contribution >= 0.6 is 0 Å². The second-order valence-corrected chi connectivity index (χ2v) is 4.33. The van der Waals surface area contributed by atoms with E-state index in [9.17, 15) is 4.79 Å². The van der Waals surface area contributed by atoms with Gasteiger partial charge in [0.15, 0.2) is 0 Å². The Bertz CT molecular complexity index is 376. The summed E-state index contributed by atoms with van der Waals surface area (Å²) in [7, 11) is 0. The Kier molecular flexibility index (Phi) is 2.62. The number of nitrogens with two attached hydrogens (primary N) is 1. The molecule has 0 aromatic heterocycles. The van der Waals surface area contributed by atoms with Crippen LogP contribution in [-0.2, 0) is 11.3 Å². The predicted molar refractivity (Wildman–Crippen MR) is 60.1 cm³/mol. The zero-order valence-corrected chi connectivity index (χ0v) is 8.94. The maximum Gasteiger partial charge on any atom is 0.223 e. The largest absolute Gasteiger partial charge is 0.399 e. The summed E-state index contributed by atoms with van der Waals surface area (Å²) in [6, 6.07) is 7.72. The van der Waals surface area contributed by atoms with Gasteiger partial charge in [0.1, 0.15) is 0 Å². The van der Waals surface area contributed by atoms with Crippen molar-refractivity contribution in [3.8, 4) is 0 Å². The number of hydrogen-bond acceptors (Lipinski definition) is 2. The summed E-state index contributed by atoms with van der Waals surface area (Å²) in [4.78, 5) is 13.5. The van der Waals surface area contributed by atoms with Crippen molar-refractivity contribution in [3.05, 3.63) is 29.8 Å². The van der Waals surface area contributed by atoms with Gasteiger partial charge in [-0.1, -0.05) is 19.1 Å². The molecule has 0 spiro atoms. The fourth-order valence-electron chi connectivity index (χ4n) is 2.03. The summed E-state index contributed by atoms with van der Waals surface area (Å²) >= 11 is 0. The van der Waals surface area contributed by atoms with Crippen LogP contribution in [0.1, 0.15) is 18.9 Å². The highest BCUT2D eigenvalue weighted by molar-refractivity contribution is 5.78. The number of amides is 1. The van der Waals surface area contributed by atoms with Gasteiger partial charge in [-0.05, 0) is 23.6 Å². The number of hydrogen-bond donors (Lipinski definition) is 1. The van der Waals surface area contributed by atoms with Crippen LogP contribution in [0.25, 0.3) is 0 Å². The van der Waals surface area contributed by atoms with Crippen LogP contribution in [0.5, 0.6) is 0 Å². The number of nitrogens with zero attached hydrogens (tertiary/aromatic N) is 1. The minimum Gasteiger partial charge on any atom is -0.399 e. The summed E-state index contributed by atoms with van der Waals surface area (Å²) < 4.78 is 0. The van der Waals surface area contributed by atoms with Gasteiger partial charge in [-0.3, -0.25) is 4.79 Å². The molecule has 2 rings (SSSR count). The SMILES string of the molecule is CC1CC(=O)N(Cc2cccc(N)c2)C1. The second kappa shape index (κ2) is 3.93. The van der Waals surface area contributed by atoms with Crippen LogP contribution in [0.2, 0.25) is 0 Å². The van der Waals surface area contributed by atoms with Crippen molar-refractivity contribution in [2.45, 2.75) is 19.9 Å². The van der Waals surface area contributed by atoms with Gasteiger partial charge in [-0.2, -0.15) is 0 Å². The minimum atomic E-state index is 0.255. The molecule has 80 valence electrons. The van der Waals surface area contributed by atoms with E-state index in [4.69, 9.17) is 5.73 Å². The fraction of sp³-hybridized carbons (Fsp3) is 0.417. The zero-order valence-electron chi connectivity index (χ0n) is 8.94. The van der Waals surface area contributed by atoms with Crippen molar-refractivity contribution in [1.82, 2.24) is 4.90 Å².